The summed E-state index contributed by atoms with van der Waals surface area (Å²) in [6.45, 7) is 4.84. The van der Waals surface area contributed by atoms with E-state index in [9.17, 15) is 8.78 Å². The van der Waals surface area contributed by atoms with Gasteiger partial charge in [0, 0.05) is 0 Å². The number of unbranched alkanes of at least 4 members (excludes halogenated alkanes) is 1. The van der Waals surface area contributed by atoms with Crippen molar-refractivity contribution in [3.05, 3.63) is 53.1 Å². The molecule has 0 saturated heterocycles. The van der Waals surface area contributed by atoms with Gasteiger partial charge in [-0.15, -0.1) is 0 Å². The minimum absolute atomic E-state index is 0.0343. The molecule has 0 aromatic heterocycles. The second-order valence-corrected chi connectivity index (χ2v) is 9.34. The fourth-order valence-electron chi connectivity index (χ4n) is 4.77. The molecule has 1 fully saturated rings. The molecule has 0 radical (unpaired) electrons. The standard InChI is InChI=1S/C27H38F2O/c1-3-4-19-30-25-18-17-24(26(28)27(25)29)23-15-13-22(14-16-23)8-6-5-7-21-11-9-20(2)10-12-21/h6,8,13,17-18,20-21,23H,3-5,7,9-12,14-16,19H2,1-2H3/b8-6+. The Balaban J connectivity index is 1.48. The van der Waals surface area contributed by atoms with Crippen LogP contribution in [0.4, 0.5) is 8.78 Å². The number of allylic oxidation sites excluding steroid dienone is 4. The molecule has 2 aliphatic carbocycles. The van der Waals surface area contributed by atoms with Crippen LogP contribution in [-0.4, -0.2) is 6.61 Å². The first kappa shape index (κ1) is 23.0. The summed E-state index contributed by atoms with van der Waals surface area (Å²) in [6, 6.07) is 3.30. The van der Waals surface area contributed by atoms with Crippen LogP contribution >= 0.6 is 0 Å². The van der Waals surface area contributed by atoms with Crippen LogP contribution in [0.25, 0.3) is 0 Å². The molecule has 1 saturated carbocycles. The maximum absolute atomic E-state index is 14.6. The third-order valence-corrected chi connectivity index (χ3v) is 6.93. The van der Waals surface area contributed by atoms with Gasteiger partial charge in [-0.05, 0) is 67.9 Å². The van der Waals surface area contributed by atoms with Crippen molar-refractivity contribution >= 4 is 0 Å². The molecule has 0 N–H and O–H groups in total. The third kappa shape index (κ3) is 6.43. The van der Waals surface area contributed by atoms with Crippen molar-refractivity contribution in [3.63, 3.8) is 0 Å². The van der Waals surface area contributed by atoms with Crippen molar-refractivity contribution in [1.82, 2.24) is 0 Å². The molecule has 1 aromatic carbocycles. The predicted octanol–water partition coefficient (Wildman–Crippen LogP) is 8.50. The zero-order valence-corrected chi connectivity index (χ0v) is 18.8. The second-order valence-electron chi connectivity index (χ2n) is 9.34. The number of halogens is 2. The first-order valence-electron chi connectivity index (χ1n) is 12.0. The molecule has 1 nitrogen and oxygen atoms in total. The molecule has 3 rings (SSSR count). The summed E-state index contributed by atoms with van der Waals surface area (Å²) >= 11 is 0. The molecule has 166 valence electrons. The molecule has 0 heterocycles. The van der Waals surface area contributed by atoms with Gasteiger partial charge in [-0.3, -0.25) is 0 Å². The Morgan fingerprint density at radius 3 is 2.57 bits per heavy atom. The van der Waals surface area contributed by atoms with Gasteiger partial charge in [0.2, 0.25) is 5.82 Å². The maximum atomic E-state index is 14.6. The van der Waals surface area contributed by atoms with E-state index >= 15 is 0 Å². The minimum Gasteiger partial charge on any atom is -0.490 e. The average Bonchev–Trinajstić information content (AvgIpc) is 2.76. The van der Waals surface area contributed by atoms with E-state index in [1.807, 2.05) is 6.92 Å². The van der Waals surface area contributed by atoms with Gasteiger partial charge in [-0.2, -0.15) is 4.39 Å². The minimum atomic E-state index is -0.838. The molecular weight excluding hydrogens is 378 g/mol. The molecular formula is C27H38F2O. The number of hydrogen-bond acceptors (Lipinski definition) is 1. The van der Waals surface area contributed by atoms with Crippen molar-refractivity contribution in [3.8, 4) is 5.75 Å². The highest BCUT2D eigenvalue weighted by Gasteiger charge is 2.23. The topological polar surface area (TPSA) is 9.23 Å². The summed E-state index contributed by atoms with van der Waals surface area (Å²) < 4.78 is 34.4. The van der Waals surface area contributed by atoms with E-state index in [1.54, 1.807) is 12.1 Å². The van der Waals surface area contributed by atoms with Crippen LogP contribution < -0.4 is 4.74 Å². The predicted molar refractivity (Wildman–Crippen MR) is 121 cm³/mol. The molecule has 0 aliphatic heterocycles. The highest BCUT2D eigenvalue weighted by Crippen LogP contribution is 2.36. The van der Waals surface area contributed by atoms with Crippen LogP contribution in [0.5, 0.6) is 5.75 Å². The Bertz CT molecular complexity index is 729. The summed E-state index contributed by atoms with van der Waals surface area (Å²) in [5.74, 6) is 0.332. The van der Waals surface area contributed by atoms with E-state index in [2.05, 4.69) is 25.2 Å². The van der Waals surface area contributed by atoms with Gasteiger partial charge in [0.15, 0.2) is 11.6 Å². The average molecular weight is 417 g/mol. The molecule has 0 spiro atoms. The normalized spacial score (nSPS) is 24.8. The second kappa shape index (κ2) is 11.7. The summed E-state index contributed by atoms with van der Waals surface area (Å²) in [4.78, 5) is 0. The number of ether oxygens (including phenoxy) is 1. The lowest BCUT2D eigenvalue weighted by Gasteiger charge is -2.25. The molecule has 1 atom stereocenters. The smallest absolute Gasteiger partial charge is 0.200 e. The first-order chi connectivity index (χ1) is 14.6. The van der Waals surface area contributed by atoms with Gasteiger partial charge in [-0.1, -0.05) is 75.8 Å². The van der Waals surface area contributed by atoms with Crippen molar-refractivity contribution in [1.29, 1.82) is 0 Å². The molecule has 30 heavy (non-hydrogen) atoms. The molecule has 0 bridgehead atoms. The zero-order chi connectivity index (χ0) is 21.3. The Labute approximate surface area is 181 Å². The fraction of sp³-hybridized carbons (Fsp3) is 0.630. The van der Waals surface area contributed by atoms with E-state index in [0.717, 1.165) is 50.4 Å². The Morgan fingerprint density at radius 2 is 1.87 bits per heavy atom. The van der Waals surface area contributed by atoms with Crippen LogP contribution in [0.1, 0.15) is 96.0 Å². The monoisotopic (exact) mass is 416 g/mol. The number of rotatable bonds is 9. The van der Waals surface area contributed by atoms with E-state index in [0.29, 0.717) is 12.2 Å². The summed E-state index contributed by atoms with van der Waals surface area (Å²) in [5, 5.41) is 0. The van der Waals surface area contributed by atoms with Crippen molar-refractivity contribution in [2.45, 2.75) is 90.4 Å². The SMILES string of the molecule is CCCCOc1ccc(C2CC=C(/C=C/CCC3CCC(C)CC3)CC2)c(F)c1F. The lowest BCUT2D eigenvalue weighted by Crippen LogP contribution is -2.11. The van der Waals surface area contributed by atoms with Gasteiger partial charge < -0.3 is 4.74 Å². The van der Waals surface area contributed by atoms with E-state index in [-0.39, 0.29) is 11.7 Å². The van der Waals surface area contributed by atoms with Crippen LogP contribution in [0.2, 0.25) is 0 Å². The van der Waals surface area contributed by atoms with Gasteiger partial charge in [0.1, 0.15) is 0 Å². The van der Waals surface area contributed by atoms with Crippen molar-refractivity contribution in [2.24, 2.45) is 11.8 Å². The Morgan fingerprint density at radius 1 is 1.07 bits per heavy atom. The maximum Gasteiger partial charge on any atom is 0.200 e. The van der Waals surface area contributed by atoms with Gasteiger partial charge >= 0.3 is 0 Å². The van der Waals surface area contributed by atoms with Gasteiger partial charge in [0.25, 0.3) is 0 Å². The van der Waals surface area contributed by atoms with Gasteiger partial charge in [0.05, 0.1) is 6.61 Å². The lowest BCUT2D eigenvalue weighted by atomic mass is 9.81. The Hall–Kier alpha value is -1.64. The van der Waals surface area contributed by atoms with E-state index < -0.39 is 11.6 Å². The van der Waals surface area contributed by atoms with Crippen LogP contribution in [0.3, 0.4) is 0 Å². The van der Waals surface area contributed by atoms with Crippen molar-refractivity contribution < 1.29 is 13.5 Å². The molecule has 3 heteroatoms. The highest BCUT2D eigenvalue weighted by molar-refractivity contribution is 5.35. The van der Waals surface area contributed by atoms with Crippen molar-refractivity contribution in [2.75, 3.05) is 6.61 Å². The third-order valence-electron chi connectivity index (χ3n) is 6.93. The van der Waals surface area contributed by atoms with Gasteiger partial charge in [-0.25, -0.2) is 4.39 Å². The number of benzene rings is 1. The summed E-state index contributed by atoms with van der Waals surface area (Å²) in [7, 11) is 0. The van der Waals surface area contributed by atoms with Crippen LogP contribution in [0, 0.1) is 23.5 Å². The van der Waals surface area contributed by atoms with E-state index in [1.165, 1.54) is 37.7 Å². The largest absolute Gasteiger partial charge is 0.490 e. The molecule has 1 unspecified atom stereocenters. The summed E-state index contributed by atoms with van der Waals surface area (Å²) in [6.07, 6.45) is 19.2. The fourth-order valence-corrected chi connectivity index (χ4v) is 4.77. The lowest BCUT2D eigenvalue weighted by molar-refractivity contribution is 0.279. The molecule has 1 aromatic rings. The zero-order valence-electron chi connectivity index (χ0n) is 18.8. The highest BCUT2D eigenvalue weighted by atomic mass is 19.2. The Kier molecular flexibility index (Phi) is 8.96. The molecule has 0 amide bonds. The van der Waals surface area contributed by atoms with Crippen LogP contribution in [0.15, 0.2) is 35.9 Å². The van der Waals surface area contributed by atoms with Crippen LogP contribution in [-0.2, 0) is 0 Å². The first-order valence-corrected chi connectivity index (χ1v) is 12.0. The number of hydrogen-bond donors (Lipinski definition) is 0. The molecule has 2 aliphatic rings. The summed E-state index contributed by atoms with van der Waals surface area (Å²) in [5.41, 5.74) is 1.82. The quantitative estimate of drug-likeness (QED) is 0.367. The van der Waals surface area contributed by atoms with E-state index in [4.69, 9.17) is 4.74 Å².